The third kappa shape index (κ3) is 5.02. The van der Waals surface area contributed by atoms with Crippen LogP contribution in [-0.2, 0) is 11.3 Å². The zero-order valence-electron chi connectivity index (χ0n) is 15.9. The number of rotatable bonds is 8. The number of nitrogens with one attached hydrogen (secondary N) is 1. The number of amides is 1. The molecule has 1 N–H and O–H groups in total. The first-order valence-electron chi connectivity index (χ1n) is 8.93. The van der Waals surface area contributed by atoms with E-state index >= 15 is 0 Å². The molecule has 4 rings (SSSR count). The molecular weight excluding hydrogens is 422 g/mol. The lowest BCUT2D eigenvalue weighted by molar-refractivity contribution is -0.118. The van der Waals surface area contributed by atoms with Crippen molar-refractivity contribution >= 4 is 29.0 Å². The fourth-order valence-electron chi connectivity index (χ4n) is 2.52. The van der Waals surface area contributed by atoms with Crippen molar-refractivity contribution in [3.8, 4) is 28.5 Å². The molecule has 8 nitrogen and oxygen atoms in total. The number of aromatic nitrogens is 4. The molecular formula is C20H17N5O3S2. The molecule has 0 aliphatic rings. The summed E-state index contributed by atoms with van der Waals surface area (Å²) < 4.78 is 10.7. The van der Waals surface area contributed by atoms with E-state index < -0.39 is 0 Å². The molecule has 0 saturated heterocycles. The van der Waals surface area contributed by atoms with Crippen LogP contribution >= 0.6 is 23.1 Å². The number of methoxy groups -OCH3 is 1. The number of hydrogen-bond donors (Lipinski definition) is 1. The normalized spacial score (nSPS) is 10.7. The number of nitrogens with zero attached hydrogens (tertiary/aromatic N) is 4. The topological polar surface area (TPSA) is 103 Å². The lowest BCUT2D eigenvalue weighted by Gasteiger charge is -2.01. The number of pyridine rings is 1. The minimum Gasteiger partial charge on any atom is -0.497 e. The van der Waals surface area contributed by atoms with Gasteiger partial charge in [0.25, 0.3) is 5.22 Å². The van der Waals surface area contributed by atoms with Gasteiger partial charge in [0.05, 0.1) is 25.1 Å². The quantitative estimate of drug-likeness (QED) is 0.415. The van der Waals surface area contributed by atoms with E-state index in [0.29, 0.717) is 17.7 Å². The third-order valence-corrected chi connectivity index (χ3v) is 5.70. The summed E-state index contributed by atoms with van der Waals surface area (Å²) in [7, 11) is 1.61. The summed E-state index contributed by atoms with van der Waals surface area (Å²) in [4.78, 5) is 20.7. The van der Waals surface area contributed by atoms with Gasteiger partial charge in [-0.15, -0.1) is 21.5 Å². The van der Waals surface area contributed by atoms with Crippen LogP contribution in [0.1, 0.15) is 5.01 Å². The van der Waals surface area contributed by atoms with Crippen molar-refractivity contribution in [3.05, 3.63) is 59.2 Å². The van der Waals surface area contributed by atoms with Gasteiger partial charge in [-0.05, 0) is 36.4 Å². The fourth-order valence-corrected chi connectivity index (χ4v) is 3.85. The van der Waals surface area contributed by atoms with Gasteiger partial charge in [-0.1, -0.05) is 11.8 Å². The molecule has 3 heterocycles. The van der Waals surface area contributed by atoms with Gasteiger partial charge in [-0.2, -0.15) is 0 Å². The molecule has 3 aromatic heterocycles. The Kier molecular flexibility index (Phi) is 6.35. The van der Waals surface area contributed by atoms with Crippen LogP contribution in [0.3, 0.4) is 0 Å². The zero-order chi connectivity index (χ0) is 20.8. The number of thioether (sulfide) groups is 1. The molecule has 10 heteroatoms. The fraction of sp³-hybridized carbons (Fsp3) is 0.150. The highest BCUT2D eigenvalue weighted by Gasteiger charge is 2.12. The molecule has 0 atom stereocenters. The van der Waals surface area contributed by atoms with Crippen LogP contribution in [0.15, 0.2) is 63.8 Å². The highest BCUT2D eigenvalue weighted by atomic mass is 32.2. The Bertz CT molecular complexity index is 1110. The summed E-state index contributed by atoms with van der Waals surface area (Å²) in [5.41, 5.74) is 2.66. The number of benzene rings is 1. The second-order valence-corrected chi connectivity index (χ2v) is 7.90. The van der Waals surface area contributed by atoms with Crippen LogP contribution in [0.25, 0.3) is 22.7 Å². The van der Waals surface area contributed by atoms with Gasteiger partial charge >= 0.3 is 0 Å². The van der Waals surface area contributed by atoms with Gasteiger partial charge in [-0.25, -0.2) is 4.98 Å². The first kappa shape index (κ1) is 20.0. The van der Waals surface area contributed by atoms with Gasteiger partial charge in [0, 0.05) is 28.9 Å². The Hall–Kier alpha value is -3.24. The van der Waals surface area contributed by atoms with E-state index in [0.717, 1.165) is 27.6 Å². The van der Waals surface area contributed by atoms with Crippen LogP contribution in [-0.4, -0.2) is 38.9 Å². The maximum absolute atomic E-state index is 12.1. The molecule has 152 valence electrons. The van der Waals surface area contributed by atoms with E-state index in [1.54, 1.807) is 19.5 Å². The molecule has 30 heavy (non-hydrogen) atoms. The minimum absolute atomic E-state index is 0.134. The van der Waals surface area contributed by atoms with Crippen LogP contribution in [0.4, 0.5) is 0 Å². The van der Waals surface area contributed by atoms with E-state index in [1.165, 1.54) is 23.1 Å². The van der Waals surface area contributed by atoms with Crippen molar-refractivity contribution in [2.45, 2.75) is 11.8 Å². The highest BCUT2D eigenvalue weighted by Crippen LogP contribution is 2.25. The average molecular weight is 440 g/mol. The first-order valence-corrected chi connectivity index (χ1v) is 10.8. The molecule has 1 aromatic carbocycles. The molecule has 0 saturated carbocycles. The Morgan fingerprint density at radius 2 is 1.93 bits per heavy atom. The summed E-state index contributed by atoms with van der Waals surface area (Å²) in [5, 5.41) is 14.0. The van der Waals surface area contributed by atoms with Crippen molar-refractivity contribution in [1.29, 1.82) is 0 Å². The lowest BCUT2D eigenvalue weighted by atomic mass is 10.2. The second kappa shape index (κ2) is 9.51. The molecule has 0 bridgehead atoms. The number of hydrogen-bond acceptors (Lipinski definition) is 9. The van der Waals surface area contributed by atoms with E-state index in [2.05, 4.69) is 25.5 Å². The second-order valence-electron chi connectivity index (χ2n) is 6.03. The minimum atomic E-state index is -0.134. The number of carbonyl (C=O) groups excluding carboxylic acids is 1. The summed E-state index contributed by atoms with van der Waals surface area (Å²) in [5.74, 6) is 1.18. The molecule has 0 aliphatic carbocycles. The molecule has 1 amide bonds. The maximum atomic E-state index is 12.1. The Labute approximate surface area is 180 Å². The van der Waals surface area contributed by atoms with E-state index in [9.17, 15) is 4.79 Å². The summed E-state index contributed by atoms with van der Waals surface area (Å²) in [6.07, 6.45) is 3.45. The first-order chi connectivity index (χ1) is 14.7. The van der Waals surface area contributed by atoms with Gasteiger partial charge in [0.2, 0.25) is 11.8 Å². The number of carbonyl (C=O) groups is 1. The maximum Gasteiger partial charge on any atom is 0.277 e. The third-order valence-electron chi connectivity index (χ3n) is 4.03. The van der Waals surface area contributed by atoms with E-state index in [4.69, 9.17) is 9.15 Å². The molecule has 0 unspecified atom stereocenters. The predicted octanol–water partition coefficient (Wildman–Crippen LogP) is 3.67. The SMILES string of the molecule is COc1ccc(-c2nnc(SCC(=O)NCc3nc(-c4ccncc4)cs3)o2)cc1. The molecule has 0 aliphatic heterocycles. The Morgan fingerprint density at radius 3 is 2.70 bits per heavy atom. The average Bonchev–Trinajstić information content (AvgIpc) is 3.47. The zero-order valence-corrected chi connectivity index (χ0v) is 17.6. The van der Waals surface area contributed by atoms with Crippen LogP contribution in [0, 0.1) is 0 Å². The monoisotopic (exact) mass is 439 g/mol. The van der Waals surface area contributed by atoms with Crippen molar-refractivity contribution in [2.75, 3.05) is 12.9 Å². The molecule has 0 radical (unpaired) electrons. The summed E-state index contributed by atoms with van der Waals surface area (Å²) >= 11 is 2.69. The van der Waals surface area contributed by atoms with Gasteiger partial charge in [0.15, 0.2) is 0 Å². The van der Waals surface area contributed by atoms with Crippen molar-refractivity contribution in [3.63, 3.8) is 0 Å². The van der Waals surface area contributed by atoms with Crippen molar-refractivity contribution in [1.82, 2.24) is 25.5 Å². The predicted molar refractivity (Wildman–Crippen MR) is 114 cm³/mol. The van der Waals surface area contributed by atoms with Gasteiger partial charge < -0.3 is 14.5 Å². The van der Waals surface area contributed by atoms with Gasteiger partial charge in [-0.3, -0.25) is 9.78 Å². The summed E-state index contributed by atoms with van der Waals surface area (Å²) in [6, 6.07) is 11.1. The largest absolute Gasteiger partial charge is 0.497 e. The van der Waals surface area contributed by atoms with Crippen molar-refractivity contribution in [2.24, 2.45) is 0 Å². The van der Waals surface area contributed by atoms with E-state index in [1.807, 2.05) is 41.8 Å². The molecule has 0 spiro atoms. The summed E-state index contributed by atoms with van der Waals surface area (Å²) in [6.45, 7) is 0.371. The molecule has 0 fully saturated rings. The number of thiazole rings is 1. The van der Waals surface area contributed by atoms with Crippen molar-refractivity contribution < 1.29 is 13.9 Å². The van der Waals surface area contributed by atoms with Crippen LogP contribution in [0.2, 0.25) is 0 Å². The van der Waals surface area contributed by atoms with E-state index in [-0.39, 0.29) is 11.7 Å². The van der Waals surface area contributed by atoms with Crippen LogP contribution in [0.5, 0.6) is 5.75 Å². The highest BCUT2D eigenvalue weighted by molar-refractivity contribution is 7.99. The van der Waals surface area contributed by atoms with Gasteiger partial charge in [0.1, 0.15) is 10.8 Å². The lowest BCUT2D eigenvalue weighted by Crippen LogP contribution is -2.24. The number of ether oxygens (including phenoxy) is 1. The van der Waals surface area contributed by atoms with Crippen LogP contribution < -0.4 is 10.1 Å². The Morgan fingerprint density at radius 1 is 1.13 bits per heavy atom. The standard InChI is InChI=1S/C20H17N5O3S2/c1-27-15-4-2-14(3-5-15)19-24-25-20(28-19)30-12-17(26)22-10-18-23-16(11-29-18)13-6-8-21-9-7-13/h2-9,11H,10,12H2,1H3,(H,22,26). The Balaban J connectivity index is 1.26. The smallest absolute Gasteiger partial charge is 0.277 e. The molecule has 4 aromatic rings.